The summed E-state index contributed by atoms with van der Waals surface area (Å²) in [4.78, 5) is 15.7. The first kappa shape index (κ1) is 17.6. The molecule has 0 aromatic carbocycles. The maximum Gasteiger partial charge on any atom is 0.221 e. The van der Waals surface area contributed by atoms with E-state index in [1.165, 1.54) is 6.42 Å². The fourth-order valence-electron chi connectivity index (χ4n) is 1.91. The van der Waals surface area contributed by atoms with Crippen LogP contribution in [0.4, 0.5) is 0 Å². The highest BCUT2D eigenvalue weighted by Crippen LogP contribution is 2.08. The number of aromatic nitrogens is 1. The van der Waals surface area contributed by atoms with Gasteiger partial charge in [0.15, 0.2) is 0 Å². The number of hydrogen-bond acceptors (Lipinski definition) is 4. The zero-order chi connectivity index (χ0) is 11.2. The summed E-state index contributed by atoms with van der Waals surface area (Å²) in [5.41, 5.74) is 0. The van der Waals surface area contributed by atoms with Crippen LogP contribution in [0, 0.1) is 0 Å². The molecule has 1 aromatic rings. The average molecular weight is 312 g/mol. The molecule has 0 radical (unpaired) electrons. The molecule has 104 valence electrons. The van der Waals surface area contributed by atoms with E-state index in [1.54, 1.807) is 17.5 Å². The molecule has 0 spiro atoms. The van der Waals surface area contributed by atoms with E-state index < -0.39 is 0 Å². The molecule has 1 aliphatic heterocycles. The van der Waals surface area contributed by atoms with Gasteiger partial charge in [0.1, 0.15) is 0 Å². The van der Waals surface area contributed by atoms with Crippen molar-refractivity contribution in [3.8, 4) is 0 Å². The summed E-state index contributed by atoms with van der Waals surface area (Å²) in [6, 6.07) is 0.389. The summed E-state index contributed by atoms with van der Waals surface area (Å²) in [6.07, 6.45) is 5.56. The molecule has 1 aliphatic rings. The third-order valence-corrected chi connectivity index (χ3v) is 3.58. The predicted molar refractivity (Wildman–Crippen MR) is 79.0 cm³/mol. The summed E-state index contributed by atoms with van der Waals surface area (Å²) < 4.78 is 0. The van der Waals surface area contributed by atoms with Crippen molar-refractivity contribution in [2.45, 2.75) is 31.7 Å². The van der Waals surface area contributed by atoms with Gasteiger partial charge in [0.25, 0.3) is 0 Å². The molecule has 0 bridgehead atoms. The van der Waals surface area contributed by atoms with E-state index >= 15 is 0 Å². The van der Waals surface area contributed by atoms with Crippen molar-refractivity contribution in [3.05, 3.63) is 16.6 Å². The Labute approximate surface area is 124 Å². The van der Waals surface area contributed by atoms with Crippen molar-refractivity contribution in [2.24, 2.45) is 0 Å². The lowest BCUT2D eigenvalue weighted by molar-refractivity contribution is -0.121. The average Bonchev–Trinajstić information content (AvgIpc) is 2.90. The summed E-state index contributed by atoms with van der Waals surface area (Å²) in [5, 5.41) is 9.30. The van der Waals surface area contributed by atoms with Gasteiger partial charge in [0, 0.05) is 37.0 Å². The van der Waals surface area contributed by atoms with Gasteiger partial charge in [-0.05, 0) is 19.4 Å². The smallest absolute Gasteiger partial charge is 0.221 e. The van der Waals surface area contributed by atoms with E-state index in [0.717, 1.165) is 24.4 Å². The van der Waals surface area contributed by atoms with Crippen LogP contribution in [0.1, 0.15) is 24.3 Å². The molecule has 1 atom stereocenters. The Kier molecular flexibility index (Phi) is 9.36. The molecule has 7 heteroatoms. The molecule has 0 aliphatic carbocycles. The normalized spacial score (nSPS) is 17.7. The molecular weight excluding hydrogens is 293 g/mol. The molecule has 1 saturated heterocycles. The summed E-state index contributed by atoms with van der Waals surface area (Å²) in [7, 11) is 0. The second-order valence-corrected chi connectivity index (χ2v) is 5.00. The van der Waals surface area contributed by atoms with E-state index in [4.69, 9.17) is 0 Å². The van der Waals surface area contributed by atoms with Crippen LogP contribution in [0.5, 0.6) is 0 Å². The highest BCUT2D eigenvalue weighted by atomic mass is 35.5. The number of rotatable bonds is 5. The van der Waals surface area contributed by atoms with Gasteiger partial charge in [0.05, 0.1) is 5.01 Å². The summed E-state index contributed by atoms with van der Waals surface area (Å²) >= 11 is 1.63. The van der Waals surface area contributed by atoms with Crippen LogP contribution in [0.3, 0.4) is 0 Å². The van der Waals surface area contributed by atoms with Gasteiger partial charge >= 0.3 is 0 Å². The lowest BCUT2D eigenvalue weighted by atomic mass is 10.1. The maximum atomic E-state index is 11.6. The number of amides is 1. The number of hydrogen-bond donors (Lipinski definition) is 2. The third kappa shape index (κ3) is 6.00. The molecule has 1 unspecified atom stereocenters. The van der Waals surface area contributed by atoms with Gasteiger partial charge in [-0.2, -0.15) is 0 Å². The standard InChI is InChI=1S/C11H17N3OS.2ClH/c15-10(8-9-2-1-4-12-9)13-5-3-11-14-6-7-16-11;;/h6-7,9,12H,1-5,8H2,(H,13,15);2*1H. The lowest BCUT2D eigenvalue weighted by Gasteiger charge is -2.09. The monoisotopic (exact) mass is 311 g/mol. The maximum absolute atomic E-state index is 11.6. The minimum absolute atomic E-state index is 0. The lowest BCUT2D eigenvalue weighted by Crippen LogP contribution is -2.32. The van der Waals surface area contributed by atoms with E-state index in [0.29, 0.717) is 19.0 Å². The van der Waals surface area contributed by atoms with E-state index in [2.05, 4.69) is 15.6 Å². The minimum atomic E-state index is 0. The predicted octanol–water partition coefficient (Wildman–Crippen LogP) is 1.79. The second kappa shape index (κ2) is 9.55. The first-order valence-electron chi connectivity index (χ1n) is 5.73. The van der Waals surface area contributed by atoms with Gasteiger partial charge in [-0.25, -0.2) is 4.98 Å². The Morgan fingerprint density at radius 2 is 2.39 bits per heavy atom. The van der Waals surface area contributed by atoms with Crippen molar-refractivity contribution in [3.63, 3.8) is 0 Å². The van der Waals surface area contributed by atoms with Crippen LogP contribution >= 0.6 is 36.2 Å². The Hall–Kier alpha value is -0.360. The Morgan fingerprint density at radius 1 is 1.56 bits per heavy atom. The Balaban J connectivity index is 0.00000144. The highest BCUT2D eigenvalue weighted by molar-refractivity contribution is 7.09. The van der Waals surface area contributed by atoms with Crippen LogP contribution < -0.4 is 10.6 Å². The first-order chi connectivity index (χ1) is 7.84. The topological polar surface area (TPSA) is 54.0 Å². The Morgan fingerprint density at radius 3 is 3.00 bits per heavy atom. The molecular formula is C11H19Cl2N3OS. The minimum Gasteiger partial charge on any atom is -0.356 e. The fraction of sp³-hybridized carbons (Fsp3) is 0.636. The molecule has 18 heavy (non-hydrogen) atoms. The van der Waals surface area contributed by atoms with Crippen molar-refractivity contribution < 1.29 is 4.79 Å². The van der Waals surface area contributed by atoms with Crippen molar-refractivity contribution >= 4 is 42.1 Å². The van der Waals surface area contributed by atoms with E-state index in [1.807, 2.05) is 5.38 Å². The van der Waals surface area contributed by atoms with Gasteiger partial charge in [-0.1, -0.05) is 0 Å². The van der Waals surface area contributed by atoms with Gasteiger partial charge < -0.3 is 10.6 Å². The Bertz CT molecular complexity index is 329. The van der Waals surface area contributed by atoms with Crippen LogP contribution in [0.25, 0.3) is 0 Å². The van der Waals surface area contributed by atoms with Crippen LogP contribution in [-0.4, -0.2) is 30.0 Å². The van der Waals surface area contributed by atoms with Gasteiger partial charge in [-0.15, -0.1) is 36.2 Å². The van der Waals surface area contributed by atoms with Crippen molar-refractivity contribution in [2.75, 3.05) is 13.1 Å². The van der Waals surface area contributed by atoms with Crippen LogP contribution in [0.15, 0.2) is 11.6 Å². The number of carbonyl (C=O) groups excluding carboxylic acids is 1. The third-order valence-electron chi connectivity index (χ3n) is 2.74. The van der Waals surface area contributed by atoms with E-state index in [-0.39, 0.29) is 30.7 Å². The number of nitrogens with zero attached hydrogens (tertiary/aromatic N) is 1. The number of halogens is 2. The van der Waals surface area contributed by atoms with Gasteiger partial charge in [-0.3, -0.25) is 4.79 Å². The van der Waals surface area contributed by atoms with Crippen molar-refractivity contribution in [1.82, 2.24) is 15.6 Å². The SMILES string of the molecule is Cl.Cl.O=C(CC1CCCN1)NCCc1nccs1. The van der Waals surface area contributed by atoms with Crippen LogP contribution in [-0.2, 0) is 11.2 Å². The number of nitrogens with one attached hydrogen (secondary N) is 2. The van der Waals surface area contributed by atoms with Crippen LogP contribution in [0.2, 0.25) is 0 Å². The quantitative estimate of drug-likeness (QED) is 0.871. The molecule has 1 fully saturated rings. The molecule has 2 N–H and O–H groups in total. The molecule has 0 saturated carbocycles. The molecule has 2 heterocycles. The molecule has 1 aromatic heterocycles. The second-order valence-electron chi connectivity index (χ2n) is 4.02. The first-order valence-corrected chi connectivity index (χ1v) is 6.61. The molecule has 2 rings (SSSR count). The zero-order valence-electron chi connectivity index (χ0n) is 10.1. The largest absolute Gasteiger partial charge is 0.356 e. The number of carbonyl (C=O) groups is 1. The fourth-order valence-corrected chi connectivity index (χ4v) is 2.53. The zero-order valence-corrected chi connectivity index (χ0v) is 12.5. The van der Waals surface area contributed by atoms with Gasteiger partial charge in [0.2, 0.25) is 5.91 Å². The summed E-state index contributed by atoms with van der Waals surface area (Å²) in [6.45, 7) is 1.75. The number of thiazole rings is 1. The highest BCUT2D eigenvalue weighted by Gasteiger charge is 2.17. The summed E-state index contributed by atoms with van der Waals surface area (Å²) in [5.74, 6) is 0.149. The molecule has 4 nitrogen and oxygen atoms in total. The van der Waals surface area contributed by atoms with Crippen molar-refractivity contribution in [1.29, 1.82) is 0 Å². The van der Waals surface area contributed by atoms with E-state index in [9.17, 15) is 4.79 Å². The molecule has 1 amide bonds.